The van der Waals surface area contributed by atoms with E-state index in [1.165, 1.54) is 0 Å². The third-order valence-electron chi connectivity index (χ3n) is 5.37. The molecule has 3 heterocycles. The zero-order chi connectivity index (χ0) is 23.6. The SMILES string of the molecule is Cc1oc2ccc(OCc3cccnc3)cc2c1C(=O)N[C@@H]1CCN(C(=O)OC(C)(C)C)C1. The number of nitrogens with zero attached hydrogens (tertiary/aromatic N) is 2. The summed E-state index contributed by atoms with van der Waals surface area (Å²) in [5, 5.41) is 3.73. The first-order chi connectivity index (χ1) is 15.7. The van der Waals surface area contributed by atoms with Crippen molar-refractivity contribution < 1.29 is 23.5 Å². The zero-order valence-corrected chi connectivity index (χ0v) is 19.4. The number of amides is 2. The highest BCUT2D eigenvalue weighted by Gasteiger charge is 2.31. The van der Waals surface area contributed by atoms with Crippen LogP contribution < -0.4 is 10.1 Å². The van der Waals surface area contributed by atoms with Gasteiger partial charge in [0.2, 0.25) is 0 Å². The predicted octanol–water partition coefficient (Wildman–Crippen LogP) is 4.45. The number of likely N-dealkylation sites (tertiary alicyclic amines) is 1. The molecule has 4 rings (SSSR count). The molecule has 2 amide bonds. The molecule has 0 saturated carbocycles. The fraction of sp³-hybridized carbons (Fsp3) is 0.400. The maximum absolute atomic E-state index is 13.1. The van der Waals surface area contributed by atoms with Crippen LogP contribution in [0.3, 0.4) is 0 Å². The van der Waals surface area contributed by atoms with Crippen molar-refractivity contribution in [3.63, 3.8) is 0 Å². The largest absolute Gasteiger partial charge is 0.489 e. The molecule has 8 nitrogen and oxygen atoms in total. The van der Waals surface area contributed by atoms with Gasteiger partial charge in [-0.25, -0.2) is 4.79 Å². The molecule has 0 aliphatic carbocycles. The van der Waals surface area contributed by atoms with Gasteiger partial charge in [0.15, 0.2) is 0 Å². The quantitative estimate of drug-likeness (QED) is 0.616. The Labute approximate surface area is 192 Å². The number of ether oxygens (including phenoxy) is 2. The highest BCUT2D eigenvalue weighted by atomic mass is 16.6. The molecule has 33 heavy (non-hydrogen) atoms. The summed E-state index contributed by atoms with van der Waals surface area (Å²) < 4.78 is 17.1. The van der Waals surface area contributed by atoms with Crippen LogP contribution in [0.2, 0.25) is 0 Å². The molecule has 174 valence electrons. The number of carbonyl (C=O) groups is 2. The van der Waals surface area contributed by atoms with E-state index in [9.17, 15) is 9.59 Å². The minimum absolute atomic E-state index is 0.153. The molecular formula is C25H29N3O5. The predicted molar refractivity (Wildman–Crippen MR) is 123 cm³/mol. The van der Waals surface area contributed by atoms with Crippen molar-refractivity contribution in [1.29, 1.82) is 0 Å². The lowest BCUT2D eigenvalue weighted by Crippen LogP contribution is -2.40. The number of hydrogen-bond acceptors (Lipinski definition) is 6. The van der Waals surface area contributed by atoms with Crippen molar-refractivity contribution in [2.24, 2.45) is 0 Å². The van der Waals surface area contributed by atoms with Crippen LogP contribution in [-0.4, -0.2) is 46.6 Å². The molecule has 2 aromatic heterocycles. The Morgan fingerprint density at radius 2 is 2.09 bits per heavy atom. The highest BCUT2D eigenvalue weighted by Crippen LogP contribution is 2.30. The molecule has 1 aliphatic rings. The topological polar surface area (TPSA) is 93.9 Å². The molecule has 1 saturated heterocycles. The van der Waals surface area contributed by atoms with Gasteiger partial charge in [-0.2, -0.15) is 0 Å². The van der Waals surface area contributed by atoms with Crippen LogP contribution in [0.15, 0.2) is 47.1 Å². The second kappa shape index (κ2) is 9.13. The van der Waals surface area contributed by atoms with E-state index < -0.39 is 5.60 Å². The average molecular weight is 452 g/mol. The van der Waals surface area contributed by atoms with Crippen molar-refractivity contribution in [3.05, 3.63) is 59.6 Å². The molecular weight excluding hydrogens is 422 g/mol. The molecule has 1 aliphatic heterocycles. The molecule has 3 aromatic rings. The minimum atomic E-state index is -0.554. The summed E-state index contributed by atoms with van der Waals surface area (Å²) >= 11 is 0. The van der Waals surface area contributed by atoms with Gasteiger partial charge >= 0.3 is 6.09 Å². The van der Waals surface area contributed by atoms with E-state index in [1.807, 2.05) is 45.0 Å². The zero-order valence-electron chi connectivity index (χ0n) is 19.4. The van der Waals surface area contributed by atoms with Gasteiger partial charge in [-0.1, -0.05) is 6.07 Å². The average Bonchev–Trinajstić information content (AvgIpc) is 3.35. The summed E-state index contributed by atoms with van der Waals surface area (Å²) in [5.74, 6) is 0.943. The normalized spacial score (nSPS) is 16.1. The first-order valence-corrected chi connectivity index (χ1v) is 11.0. The molecule has 0 bridgehead atoms. The van der Waals surface area contributed by atoms with E-state index >= 15 is 0 Å². The van der Waals surface area contributed by atoms with E-state index in [-0.39, 0.29) is 18.0 Å². The number of hydrogen-bond donors (Lipinski definition) is 1. The Balaban J connectivity index is 1.44. The summed E-state index contributed by atoms with van der Waals surface area (Å²) in [5.41, 5.74) is 1.50. The molecule has 1 N–H and O–H groups in total. The van der Waals surface area contributed by atoms with Crippen LogP contribution in [0.5, 0.6) is 5.75 Å². The molecule has 1 fully saturated rings. The third-order valence-corrected chi connectivity index (χ3v) is 5.37. The third kappa shape index (κ3) is 5.45. The summed E-state index contributed by atoms with van der Waals surface area (Å²) in [4.78, 5) is 31.2. The number of pyridine rings is 1. The van der Waals surface area contributed by atoms with E-state index in [0.29, 0.717) is 54.2 Å². The summed E-state index contributed by atoms with van der Waals surface area (Å²) in [6.07, 6.45) is 3.77. The van der Waals surface area contributed by atoms with Crippen LogP contribution in [0.1, 0.15) is 48.9 Å². The number of aromatic nitrogens is 1. The monoisotopic (exact) mass is 451 g/mol. The van der Waals surface area contributed by atoms with Crippen molar-refractivity contribution >= 4 is 23.0 Å². The summed E-state index contributed by atoms with van der Waals surface area (Å²) in [7, 11) is 0. The Hall–Kier alpha value is -3.55. The van der Waals surface area contributed by atoms with Gasteiger partial charge in [0, 0.05) is 42.5 Å². The molecule has 8 heteroatoms. The van der Waals surface area contributed by atoms with E-state index in [0.717, 1.165) is 5.56 Å². The smallest absolute Gasteiger partial charge is 0.410 e. The number of aryl methyl sites for hydroxylation is 1. The molecule has 0 spiro atoms. The summed E-state index contributed by atoms with van der Waals surface area (Å²) in [6.45, 7) is 8.60. The molecule has 0 radical (unpaired) electrons. The van der Waals surface area contributed by atoms with Crippen LogP contribution in [-0.2, 0) is 11.3 Å². The number of benzene rings is 1. The highest BCUT2D eigenvalue weighted by molar-refractivity contribution is 6.07. The number of rotatable bonds is 5. The van der Waals surface area contributed by atoms with Crippen molar-refractivity contribution in [1.82, 2.24) is 15.2 Å². The van der Waals surface area contributed by atoms with E-state index in [1.54, 1.807) is 30.3 Å². The van der Waals surface area contributed by atoms with E-state index in [4.69, 9.17) is 13.9 Å². The lowest BCUT2D eigenvalue weighted by Gasteiger charge is -2.24. The second-order valence-corrected chi connectivity index (χ2v) is 9.23. The van der Waals surface area contributed by atoms with Gasteiger partial charge in [0.25, 0.3) is 5.91 Å². The maximum Gasteiger partial charge on any atom is 0.410 e. The van der Waals surface area contributed by atoms with Gasteiger partial charge in [-0.3, -0.25) is 9.78 Å². The molecule has 1 aromatic carbocycles. The Morgan fingerprint density at radius 1 is 1.27 bits per heavy atom. The van der Waals surface area contributed by atoms with Crippen molar-refractivity contribution in [2.45, 2.75) is 52.4 Å². The Morgan fingerprint density at radius 3 is 2.82 bits per heavy atom. The van der Waals surface area contributed by atoms with Crippen LogP contribution in [0, 0.1) is 6.92 Å². The maximum atomic E-state index is 13.1. The van der Waals surface area contributed by atoms with Crippen LogP contribution in [0.25, 0.3) is 11.0 Å². The van der Waals surface area contributed by atoms with Gasteiger partial charge in [0.05, 0.1) is 5.56 Å². The Bertz CT molecular complexity index is 1150. The summed E-state index contributed by atoms with van der Waals surface area (Å²) in [6, 6.07) is 9.08. The van der Waals surface area contributed by atoms with Crippen LogP contribution >= 0.6 is 0 Å². The van der Waals surface area contributed by atoms with E-state index in [2.05, 4.69) is 10.3 Å². The van der Waals surface area contributed by atoms with Gasteiger partial charge in [-0.15, -0.1) is 0 Å². The van der Waals surface area contributed by atoms with Gasteiger partial charge in [-0.05, 0) is 58.4 Å². The number of nitrogens with one attached hydrogen (secondary N) is 1. The Kier molecular flexibility index (Phi) is 6.26. The van der Waals surface area contributed by atoms with Crippen molar-refractivity contribution in [3.8, 4) is 5.75 Å². The fourth-order valence-electron chi connectivity index (χ4n) is 3.85. The van der Waals surface area contributed by atoms with Gasteiger partial charge < -0.3 is 24.1 Å². The second-order valence-electron chi connectivity index (χ2n) is 9.23. The lowest BCUT2D eigenvalue weighted by molar-refractivity contribution is 0.0290. The minimum Gasteiger partial charge on any atom is -0.489 e. The standard InChI is InChI=1S/C25H29N3O5/c1-16-22(23(29)27-18-9-11-28(14-18)24(30)33-25(2,3)4)20-12-19(7-8-21(20)32-16)31-15-17-6-5-10-26-13-17/h5-8,10,12-13,18H,9,11,14-15H2,1-4H3,(H,27,29)/t18-/m1/s1. The molecule has 1 atom stereocenters. The van der Waals surface area contributed by atoms with Gasteiger partial charge in [0.1, 0.15) is 29.3 Å². The first kappa shape index (κ1) is 22.6. The number of fused-ring (bicyclic) bond motifs is 1. The fourth-order valence-corrected chi connectivity index (χ4v) is 3.85. The lowest BCUT2D eigenvalue weighted by atomic mass is 10.1. The van der Waals surface area contributed by atoms with Crippen LogP contribution in [0.4, 0.5) is 4.79 Å². The number of carbonyl (C=O) groups excluding carboxylic acids is 2. The first-order valence-electron chi connectivity index (χ1n) is 11.0. The number of furan rings is 1. The van der Waals surface area contributed by atoms with Crippen molar-refractivity contribution in [2.75, 3.05) is 13.1 Å². The molecule has 0 unspecified atom stereocenters.